The minimum atomic E-state index is -0.451. The van der Waals surface area contributed by atoms with Crippen LogP contribution >= 0.6 is 0 Å². The Kier molecular flexibility index (Phi) is 8.30. The number of carbonyl (C=O) groups is 2. The lowest BCUT2D eigenvalue weighted by molar-refractivity contribution is -0.126. The zero-order chi connectivity index (χ0) is 23.8. The molecule has 1 amide bonds. The second-order valence-electron chi connectivity index (χ2n) is 8.09. The van der Waals surface area contributed by atoms with Crippen LogP contribution < -0.4 is 5.32 Å². The number of anilines is 1. The third kappa shape index (κ3) is 6.25. The van der Waals surface area contributed by atoms with Gasteiger partial charge in [0.05, 0.1) is 11.4 Å². The van der Waals surface area contributed by atoms with Gasteiger partial charge in [0.15, 0.2) is 5.82 Å². The number of benzene rings is 2. The van der Waals surface area contributed by atoms with Crippen molar-refractivity contribution in [2.24, 2.45) is 5.92 Å². The smallest absolute Gasteiger partial charge is 0.229 e. The van der Waals surface area contributed by atoms with Gasteiger partial charge in [-0.05, 0) is 42.7 Å². The lowest BCUT2D eigenvalue weighted by atomic mass is 9.97. The van der Waals surface area contributed by atoms with E-state index in [1.807, 2.05) is 19.1 Å². The first-order chi connectivity index (χ1) is 15.9. The third-order valence-electron chi connectivity index (χ3n) is 5.48. The Hall–Kier alpha value is -3.54. The highest BCUT2D eigenvalue weighted by Gasteiger charge is 2.22. The fourth-order valence-corrected chi connectivity index (χ4v) is 3.80. The van der Waals surface area contributed by atoms with Crippen molar-refractivity contribution in [1.29, 1.82) is 0 Å². The summed E-state index contributed by atoms with van der Waals surface area (Å²) in [5.74, 6) is -0.746. The normalized spacial score (nSPS) is 11.7. The highest BCUT2D eigenvalue weighted by molar-refractivity contribution is 5.95. The molecule has 5 nitrogen and oxygen atoms in total. The summed E-state index contributed by atoms with van der Waals surface area (Å²) < 4.78 is 15.6. The number of nitrogens with zero attached hydrogens (tertiary/aromatic N) is 2. The number of hydrogen-bond acceptors (Lipinski definition) is 3. The highest BCUT2D eigenvalue weighted by Crippen LogP contribution is 2.28. The number of amides is 1. The maximum absolute atomic E-state index is 14.0. The molecule has 0 radical (unpaired) electrons. The molecule has 1 atom stereocenters. The second-order valence-corrected chi connectivity index (χ2v) is 8.09. The number of ketones is 1. The largest absolute Gasteiger partial charge is 0.309 e. The summed E-state index contributed by atoms with van der Waals surface area (Å²) in [5, 5.41) is 7.42. The number of Topliss-reactive ketones (excluding diaryl/α,β-unsaturated/α-hetero) is 1. The molecule has 0 aliphatic rings. The molecule has 1 heterocycles. The summed E-state index contributed by atoms with van der Waals surface area (Å²) in [6, 6.07) is 16.1. The van der Waals surface area contributed by atoms with Gasteiger partial charge in [0.25, 0.3) is 0 Å². The van der Waals surface area contributed by atoms with Crippen molar-refractivity contribution in [2.45, 2.75) is 46.0 Å². The average molecular weight is 448 g/mol. The van der Waals surface area contributed by atoms with E-state index in [4.69, 9.17) is 0 Å². The van der Waals surface area contributed by atoms with Crippen LogP contribution in [0, 0.1) is 11.7 Å². The molecule has 172 valence electrons. The first-order valence-electron chi connectivity index (χ1n) is 11.3. The van der Waals surface area contributed by atoms with Crippen LogP contribution in [0.2, 0.25) is 0 Å². The summed E-state index contributed by atoms with van der Waals surface area (Å²) in [4.78, 5) is 24.9. The molecule has 0 unspecified atom stereocenters. The van der Waals surface area contributed by atoms with E-state index < -0.39 is 5.92 Å². The molecular weight excluding hydrogens is 417 g/mol. The zero-order valence-corrected chi connectivity index (χ0v) is 19.2. The van der Waals surface area contributed by atoms with E-state index in [0.717, 1.165) is 24.1 Å². The molecule has 0 aliphatic carbocycles. The van der Waals surface area contributed by atoms with Crippen molar-refractivity contribution >= 4 is 17.5 Å². The zero-order valence-electron chi connectivity index (χ0n) is 19.2. The predicted octanol–water partition coefficient (Wildman–Crippen LogP) is 6.13. The molecule has 3 aromatic rings. The van der Waals surface area contributed by atoms with Gasteiger partial charge in [0.2, 0.25) is 5.91 Å². The van der Waals surface area contributed by atoms with Crippen molar-refractivity contribution in [1.82, 2.24) is 9.78 Å². The van der Waals surface area contributed by atoms with Crippen molar-refractivity contribution in [3.63, 3.8) is 0 Å². The summed E-state index contributed by atoms with van der Waals surface area (Å²) in [6.45, 7) is 7.58. The van der Waals surface area contributed by atoms with E-state index >= 15 is 0 Å². The molecule has 1 N–H and O–H groups in total. The molecule has 1 aromatic heterocycles. The Morgan fingerprint density at radius 2 is 1.94 bits per heavy atom. The number of halogens is 1. The van der Waals surface area contributed by atoms with Crippen molar-refractivity contribution in [2.75, 3.05) is 5.32 Å². The molecule has 0 spiro atoms. The van der Waals surface area contributed by atoms with Crippen LogP contribution in [0.3, 0.4) is 0 Å². The van der Waals surface area contributed by atoms with Crippen molar-refractivity contribution < 1.29 is 14.0 Å². The third-order valence-corrected chi connectivity index (χ3v) is 5.48. The van der Waals surface area contributed by atoms with Crippen LogP contribution in [0.4, 0.5) is 10.2 Å². The first-order valence-corrected chi connectivity index (χ1v) is 11.3. The van der Waals surface area contributed by atoms with Gasteiger partial charge in [-0.3, -0.25) is 9.59 Å². The standard InChI is InChI=1S/C27H30FN3O2/c1-4-9-19-11-7-12-21(15-19)25-18-26(30-31(25)23-14-8-13-22(28)17-23)29-27(33)20(6-3)16-24(32)10-5-2/h5,7-8,11-15,17-18,20H,2,4,6,9-10,16H2,1,3H3,(H,29,30,33)/t20-/m1/s1. The van der Waals surface area contributed by atoms with Crippen LogP contribution in [0.15, 0.2) is 67.3 Å². The molecule has 0 fully saturated rings. The van der Waals surface area contributed by atoms with Gasteiger partial charge in [-0.1, -0.05) is 50.6 Å². The Labute approximate surface area is 194 Å². The molecule has 0 aliphatic heterocycles. The van der Waals surface area contributed by atoms with Crippen LogP contribution in [0.1, 0.15) is 45.1 Å². The quantitative estimate of drug-likeness (QED) is 0.360. The maximum Gasteiger partial charge on any atom is 0.229 e. The van der Waals surface area contributed by atoms with Crippen LogP contribution in [0.25, 0.3) is 16.9 Å². The highest BCUT2D eigenvalue weighted by atomic mass is 19.1. The van der Waals surface area contributed by atoms with Gasteiger partial charge in [-0.25, -0.2) is 9.07 Å². The minimum Gasteiger partial charge on any atom is -0.309 e. The molecule has 0 saturated heterocycles. The summed E-state index contributed by atoms with van der Waals surface area (Å²) in [5.41, 5.74) is 3.41. The van der Waals surface area contributed by atoms with E-state index in [9.17, 15) is 14.0 Å². The topological polar surface area (TPSA) is 64.0 Å². The van der Waals surface area contributed by atoms with Gasteiger partial charge in [-0.15, -0.1) is 11.7 Å². The van der Waals surface area contributed by atoms with Crippen molar-refractivity contribution in [3.05, 3.63) is 78.6 Å². The van der Waals surface area contributed by atoms with E-state index in [-0.39, 0.29) is 30.3 Å². The Bertz CT molecular complexity index is 1140. The molecule has 0 saturated carbocycles. The van der Waals surface area contributed by atoms with Crippen LogP contribution in [-0.2, 0) is 16.0 Å². The number of hydrogen-bond donors (Lipinski definition) is 1. The maximum atomic E-state index is 14.0. The van der Waals surface area contributed by atoms with Crippen LogP contribution in [-0.4, -0.2) is 21.5 Å². The summed E-state index contributed by atoms with van der Waals surface area (Å²) >= 11 is 0. The van der Waals surface area contributed by atoms with Crippen LogP contribution in [0.5, 0.6) is 0 Å². The number of allylic oxidation sites excluding steroid dienone is 1. The van der Waals surface area contributed by atoms with Gasteiger partial charge >= 0.3 is 0 Å². The van der Waals surface area contributed by atoms with Gasteiger partial charge in [-0.2, -0.15) is 0 Å². The summed E-state index contributed by atoms with van der Waals surface area (Å²) in [7, 11) is 0. The van der Waals surface area contributed by atoms with Gasteiger partial charge < -0.3 is 5.32 Å². The monoisotopic (exact) mass is 447 g/mol. The average Bonchev–Trinajstić information content (AvgIpc) is 3.22. The van der Waals surface area contributed by atoms with Gasteiger partial charge in [0.1, 0.15) is 11.6 Å². The summed E-state index contributed by atoms with van der Waals surface area (Å²) in [6.07, 6.45) is 4.46. The minimum absolute atomic E-state index is 0.0225. The number of nitrogens with one attached hydrogen (secondary N) is 1. The molecule has 0 bridgehead atoms. The lowest BCUT2D eigenvalue weighted by Crippen LogP contribution is -2.25. The Balaban J connectivity index is 1.96. The molecule has 2 aromatic carbocycles. The fourth-order valence-electron chi connectivity index (χ4n) is 3.80. The number of aromatic nitrogens is 2. The number of carbonyl (C=O) groups excluding carboxylic acids is 2. The SMILES string of the molecule is C=CCC(=O)C[C@@H](CC)C(=O)Nc1cc(-c2cccc(CCC)c2)n(-c2cccc(F)c2)n1. The lowest BCUT2D eigenvalue weighted by Gasteiger charge is -2.12. The van der Waals surface area contributed by atoms with E-state index in [1.165, 1.54) is 17.7 Å². The van der Waals surface area contributed by atoms with Gasteiger partial charge in [0, 0.05) is 30.4 Å². The van der Waals surface area contributed by atoms with Crippen molar-refractivity contribution in [3.8, 4) is 16.9 Å². The molecular formula is C27H30FN3O2. The molecule has 3 rings (SSSR count). The second kappa shape index (κ2) is 11.4. The predicted molar refractivity (Wildman–Crippen MR) is 130 cm³/mol. The number of rotatable bonds is 11. The molecule has 33 heavy (non-hydrogen) atoms. The van der Waals surface area contributed by atoms with E-state index in [0.29, 0.717) is 17.9 Å². The number of aryl methyl sites for hydroxylation is 1. The fraction of sp³-hybridized carbons (Fsp3) is 0.296. The molecule has 6 heteroatoms. The van der Waals surface area contributed by atoms with E-state index in [1.54, 1.807) is 29.0 Å². The Morgan fingerprint density at radius 1 is 1.15 bits per heavy atom. The Morgan fingerprint density at radius 3 is 2.64 bits per heavy atom. The first kappa shape index (κ1) is 24.1. The van der Waals surface area contributed by atoms with E-state index in [2.05, 4.69) is 36.1 Å².